The predicted molar refractivity (Wildman–Crippen MR) is 58.6 cm³/mol. The largest absolute Gasteiger partial charge is 0.396 e. The van der Waals surface area contributed by atoms with Crippen LogP contribution in [-0.4, -0.2) is 43.6 Å². The predicted octanol–water partition coefficient (Wildman–Crippen LogP) is -0.0665. The average Bonchev–Trinajstić information content (AvgIpc) is 2.69. The second kappa shape index (κ2) is 5.25. The average molecular weight is 236 g/mol. The number of hydrogen-bond donors (Lipinski definition) is 2. The normalized spacial score (nSPS) is 22.9. The summed E-state index contributed by atoms with van der Waals surface area (Å²) < 4.78 is 27.6. The molecule has 0 spiro atoms. The Morgan fingerprint density at radius 2 is 1.87 bits per heavy atom. The van der Waals surface area contributed by atoms with E-state index >= 15 is 0 Å². The van der Waals surface area contributed by atoms with Crippen LogP contribution >= 0.6 is 0 Å². The van der Waals surface area contributed by atoms with E-state index in [0.717, 1.165) is 12.8 Å². The molecule has 2 N–H and O–H groups in total. The molecule has 0 bridgehead atoms. The third kappa shape index (κ3) is 3.41. The molecule has 1 heterocycles. The van der Waals surface area contributed by atoms with Crippen LogP contribution in [0.15, 0.2) is 0 Å². The first-order valence-corrected chi connectivity index (χ1v) is 6.79. The van der Waals surface area contributed by atoms with Crippen LogP contribution in [0, 0.1) is 5.92 Å². The summed E-state index contributed by atoms with van der Waals surface area (Å²) in [5.74, 6) is -0.0672. The Labute approximate surface area is 91.7 Å². The van der Waals surface area contributed by atoms with E-state index in [-0.39, 0.29) is 18.6 Å². The molecule has 0 aliphatic carbocycles. The maximum absolute atomic E-state index is 11.8. The van der Waals surface area contributed by atoms with Crippen molar-refractivity contribution in [2.75, 3.05) is 19.7 Å². The summed E-state index contributed by atoms with van der Waals surface area (Å²) in [6.07, 6.45) is 1.87. The first kappa shape index (κ1) is 12.9. The molecule has 1 rings (SSSR count). The van der Waals surface area contributed by atoms with Gasteiger partial charge < -0.3 is 5.11 Å². The molecule has 0 aromatic heterocycles. The highest BCUT2D eigenvalue weighted by atomic mass is 32.2. The molecule has 0 amide bonds. The highest BCUT2D eigenvalue weighted by Crippen LogP contribution is 2.13. The van der Waals surface area contributed by atoms with Gasteiger partial charge in [-0.1, -0.05) is 6.92 Å². The highest BCUT2D eigenvalue weighted by molar-refractivity contribution is 7.87. The lowest BCUT2D eigenvalue weighted by Gasteiger charge is -2.23. The van der Waals surface area contributed by atoms with E-state index in [0.29, 0.717) is 13.1 Å². The summed E-state index contributed by atoms with van der Waals surface area (Å²) >= 11 is 0. The molecule has 6 heteroatoms. The number of nitrogens with one attached hydrogen (secondary N) is 1. The number of aliphatic hydroxyl groups excluding tert-OH is 1. The van der Waals surface area contributed by atoms with Gasteiger partial charge >= 0.3 is 0 Å². The van der Waals surface area contributed by atoms with Crippen molar-refractivity contribution in [2.24, 2.45) is 5.92 Å². The summed E-state index contributed by atoms with van der Waals surface area (Å²) in [4.78, 5) is 0. The van der Waals surface area contributed by atoms with Gasteiger partial charge in [-0.25, -0.2) is 0 Å². The molecule has 0 radical (unpaired) electrons. The van der Waals surface area contributed by atoms with Gasteiger partial charge in [0.05, 0.1) is 0 Å². The molecular formula is C9H20N2O3S. The van der Waals surface area contributed by atoms with Crippen molar-refractivity contribution in [1.82, 2.24) is 9.03 Å². The van der Waals surface area contributed by atoms with Crippen molar-refractivity contribution < 1.29 is 13.5 Å². The Balaban J connectivity index is 2.55. The molecule has 0 aromatic carbocycles. The van der Waals surface area contributed by atoms with Crippen molar-refractivity contribution in [1.29, 1.82) is 0 Å². The molecule has 15 heavy (non-hydrogen) atoms. The molecule has 1 aliphatic heterocycles. The zero-order valence-electron chi connectivity index (χ0n) is 9.31. The van der Waals surface area contributed by atoms with E-state index in [1.54, 1.807) is 6.92 Å². The molecule has 2 atom stereocenters. The van der Waals surface area contributed by atoms with Gasteiger partial charge in [-0.3, -0.25) is 0 Å². The van der Waals surface area contributed by atoms with E-state index < -0.39 is 10.2 Å². The zero-order valence-corrected chi connectivity index (χ0v) is 10.1. The Kier molecular flexibility index (Phi) is 4.51. The monoisotopic (exact) mass is 236 g/mol. The third-order valence-electron chi connectivity index (χ3n) is 2.88. The van der Waals surface area contributed by atoms with E-state index in [1.807, 2.05) is 6.92 Å². The minimum absolute atomic E-state index is 0.0102. The van der Waals surface area contributed by atoms with E-state index in [2.05, 4.69) is 4.72 Å². The molecule has 0 aromatic rings. The quantitative estimate of drug-likeness (QED) is 0.702. The highest BCUT2D eigenvalue weighted by Gasteiger charge is 2.27. The standard InChI is InChI=1S/C9H20N2O3S/c1-8(7-12)9(2)10-15(13,14)11-5-3-4-6-11/h8-10,12H,3-7H2,1-2H3. The van der Waals surface area contributed by atoms with Gasteiger partial charge in [0.25, 0.3) is 10.2 Å². The van der Waals surface area contributed by atoms with Gasteiger partial charge in [0, 0.05) is 25.7 Å². The number of rotatable bonds is 5. The zero-order chi connectivity index (χ0) is 11.5. The van der Waals surface area contributed by atoms with Crippen LogP contribution in [0.4, 0.5) is 0 Å². The second-order valence-corrected chi connectivity index (χ2v) is 5.88. The molecule has 1 saturated heterocycles. The van der Waals surface area contributed by atoms with Gasteiger partial charge in [-0.05, 0) is 25.7 Å². The Morgan fingerprint density at radius 3 is 2.33 bits per heavy atom. The summed E-state index contributed by atoms with van der Waals surface area (Å²) in [7, 11) is -3.34. The Bertz CT molecular complexity index is 286. The summed E-state index contributed by atoms with van der Waals surface area (Å²) in [5, 5.41) is 8.92. The number of nitrogens with zero attached hydrogens (tertiary/aromatic N) is 1. The van der Waals surface area contributed by atoms with Crippen LogP contribution in [0.25, 0.3) is 0 Å². The van der Waals surface area contributed by atoms with E-state index in [1.165, 1.54) is 4.31 Å². The van der Waals surface area contributed by atoms with Crippen LogP contribution in [0.1, 0.15) is 26.7 Å². The second-order valence-electron chi connectivity index (χ2n) is 4.18. The van der Waals surface area contributed by atoms with Crippen molar-refractivity contribution in [3.8, 4) is 0 Å². The van der Waals surface area contributed by atoms with E-state index in [9.17, 15) is 8.42 Å². The van der Waals surface area contributed by atoms with Crippen LogP contribution in [0.3, 0.4) is 0 Å². The fourth-order valence-corrected chi connectivity index (χ4v) is 3.10. The molecule has 2 unspecified atom stereocenters. The first-order chi connectivity index (χ1) is 6.97. The maximum Gasteiger partial charge on any atom is 0.279 e. The lowest BCUT2D eigenvalue weighted by Crippen LogP contribution is -2.45. The van der Waals surface area contributed by atoms with Crippen molar-refractivity contribution in [2.45, 2.75) is 32.7 Å². The summed E-state index contributed by atoms with van der Waals surface area (Å²) in [5.41, 5.74) is 0. The van der Waals surface area contributed by atoms with Crippen LogP contribution in [0.5, 0.6) is 0 Å². The fraction of sp³-hybridized carbons (Fsp3) is 1.00. The smallest absolute Gasteiger partial charge is 0.279 e. The lowest BCUT2D eigenvalue weighted by molar-refractivity contribution is 0.215. The van der Waals surface area contributed by atoms with Crippen LogP contribution < -0.4 is 4.72 Å². The summed E-state index contributed by atoms with van der Waals surface area (Å²) in [6.45, 7) is 4.79. The SMILES string of the molecule is CC(CO)C(C)NS(=O)(=O)N1CCCC1. The summed E-state index contributed by atoms with van der Waals surface area (Å²) in [6, 6.07) is -0.236. The van der Waals surface area contributed by atoms with Gasteiger partial charge in [-0.2, -0.15) is 17.4 Å². The van der Waals surface area contributed by atoms with Gasteiger partial charge in [0.15, 0.2) is 0 Å². The maximum atomic E-state index is 11.8. The van der Waals surface area contributed by atoms with Gasteiger partial charge in [0.2, 0.25) is 0 Å². The number of hydrogen-bond acceptors (Lipinski definition) is 3. The first-order valence-electron chi connectivity index (χ1n) is 5.35. The molecular weight excluding hydrogens is 216 g/mol. The van der Waals surface area contributed by atoms with Crippen molar-refractivity contribution in [3.05, 3.63) is 0 Å². The van der Waals surface area contributed by atoms with Crippen LogP contribution in [-0.2, 0) is 10.2 Å². The van der Waals surface area contributed by atoms with Gasteiger partial charge in [-0.15, -0.1) is 0 Å². The Morgan fingerprint density at radius 1 is 1.33 bits per heavy atom. The number of aliphatic hydroxyl groups is 1. The minimum Gasteiger partial charge on any atom is -0.396 e. The van der Waals surface area contributed by atoms with Crippen molar-refractivity contribution >= 4 is 10.2 Å². The molecule has 90 valence electrons. The molecule has 5 nitrogen and oxygen atoms in total. The molecule has 0 saturated carbocycles. The minimum atomic E-state index is -3.34. The lowest BCUT2D eigenvalue weighted by atomic mass is 10.1. The third-order valence-corrected chi connectivity index (χ3v) is 4.60. The van der Waals surface area contributed by atoms with Gasteiger partial charge in [0.1, 0.15) is 0 Å². The van der Waals surface area contributed by atoms with Crippen LogP contribution in [0.2, 0.25) is 0 Å². The topological polar surface area (TPSA) is 69.6 Å². The molecule has 1 fully saturated rings. The fourth-order valence-electron chi connectivity index (χ4n) is 1.51. The van der Waals surface area contributed by atoms with E-state index in [4.69, 9.17) is 5.11 Å². The van der Waals surface area contributed by atoms with Crippen molar-refractivity contribution in [3.63, 3.8) is 0 Å². The molecule has 1 aliphatic rings. The Hall–Kier alpha value is -0.170.